The van der Waals surface area contributed by atoms with Gasteiger partial charge in [0, 0.05) is 58.3 Å². The molecule has 28 heavy (non-hydrogen) atoms. The molecule has 0 N–H and O–H groups in total. The first-order chi connectivity index (χ1) is 13.8. The third-order valence-electron chi connectivity index (χ3n) is 6.50. The van der Waals surface area contributed by atoms with Gasteiger partial charge in [0.2, 0.25) is 5.91 Å². The topological polar surface area (TPSA) is 36.0 Å². The van der Waals surface area contributed by atoms with Gasteiger partial charge in [-0.05, 0) is 37.8 Å². The zero-order valence-corrected chi connectivity index (χ0v) is 17.1. The molecule has 1 aromatic carbocycles. The summed E-state index contributed by atoms with van der Waals surface area (Å²) in [7, 11) is 0. The molecule has 2 aliphatic heterocycles. The Hall–Kier alpha value is -1.43. The number of amides is 1. The summed E-state index contributed by atoms with van der Waals surface area (Å²) in [5.41, 5.74) is 1.38. The number of hydrogen-bond donors (Lipinski definition) is 0. The van der Waals surface area contributed by atoms with Crippen LogP contribution in [0, 0.1) is 5.92 Å². The van der Waals surface area contributed by atoms with Gasteiger partial charge in [-0.3, -0.25) is 14.6 Å². The molecular formula is C23H35N3O2. The number of rotatable bonds is 5. The lowest BCUT2D eigenvalue weighted by Crippen LogP contribution is -2.43. The maximum Gasteiger partial charge on any atom is 0.225 e. The fraction of sp³-hybridized carbons (Fsp3) is 0.696. The minimum absolute atomic E-state index is 0.264. The maximum atomic E-state index is 12.6. The Bertz CT molecular complexity index is 620. The zero-order valence-electron chi connectivity index (χ0n) is 17.1. The molecule has 0 aromatic heterocycles. The van der Waals surface area contributed by atoms with E-state index in [1.54, 1.807) is 0 Å². The predicted octanol–water partition coefficient (Wildman–Crippen LogP) is 2.61. The Balaban J connectivity index is 1.27. The normalized spacial score (nSPS) is 25.7. The molecule has 5 nitrogen and oxygen atoms in total. The molecular weight excluding hydrogens is 350 g/mol. The van der Waals surface area contributed by atoms with Crippen molar-refractivity contribution in [1.82, 2.24) is 14.7 Å². The molecule has 3 aliphatic rings. The quantitative estimate of drug-likeness (QED) is 0.781. The van der Waals surface area contributed by atoms with Gasteiger partial charge in [0.05, 0.1) is 6.10 Å². The Labute approximate surface area is 169 Å². The summed E-state index contributed by atoms with van der Waals surface area (Å²) in [5.74, 6) is 0.733. The van der Waals surface area contributed by atoms with Crippen molar-refractivity contribution in [2.75, 3.05) is 52.4 Å². The second-order valence-corrected chi connectivity index (χ2v) is 8.67. The molecule has 1 aliphatic carbocycles. The van der Waals surface area contributed by atoms with Crippen molar-refractivity contribution in [3.63, 3.8) is 0 Å². The standard InChI is InChI=1S/C23H35N3O2/c27-23(21-9-4-10-21)26-13-5-11-24(14-15-26)18-22-19-25(12-6-16-28-22)17-20-7-2-1-3-8-20/h1-3,7-8,21-22H,4-6,9-19H2. The van der Waals surface area contributed by atoms with Gasteiger partial charge in [-0.15, -0.1) is 0 Å². The molecule has 0 spiro atoms. The zero-order chi connectivity index (χ0) is 19.2. The summed E-state index contributed by atoms with van der Waals surface area (Å²) in [6.45, 7) is 8.82. The largest absolute Gasteiger partial charge is 0.376 e. The van der Waals surface area contributed by atoms with Gasteiger partial charge in [0.15, 0.2) is 0 Å². The second kappa shape index (κ2) is 9.86. The van der Waals surface area contributed by atoms with Crippen molar-refractivity contribution >= 4 is 5.91 Å². The van der Waals surface area contributed by atoms with Crippen LogP contribution in [0.2, 0.25) is 0 Å². The molecule has 4 rings (SSSR count). The Morgan fingerprint density at radius 3 is 2.54 bits per heavy atom. The van der Waals surface area contributed by atoms with Crippen molar-refractivity contribution in [2.24, 2.45) is 5.92 Å². The Kier molecular flexibility index (Phi) is 7.00. The van der Waals surface area contributed by atoms with Crippen LogP contribution < -0.4 is 0 Å². The molecule has 5 heteroatoms. The Morgan fingerprint density at radius 2 is 1.75 bits per heavy atom. The molecule has 2 saturated heterocycles. The van der Waals surface area contributed by atoms with Gasteiger partial charge < -0.3 is 9.64 Å². The lowest BCUT2D eigenvalue weighted by atomic mass is 9.84. The highest BCUT2D eigenvalue weighted by molar-refractivity contribution is 5.79. The van der Waals surface area contributed by atoms with E-state index in [2.05, 4.69) is 45.0 Å². The highest BCUT2D eigenvalue weighted by Crippen LogP contribution is 2.28. The second-order valence-electron chi connectivity index (χ2n) is 8.67. The van der Waals surface area contributed by atoms with E-state index in [0.717, 1.165) is 84.6 Å². The van der Waals surface area contributed by atoms with Crippen LogP contribution in [0.15, 0.2) is 30.3 Å². The minimum atomic E-state index is 0.264. The van der Waals surface area contributed by atoms with Crippen molar-refractivity contribution in [3.8, 4) is 0 Å². The van der Waals surface area contributed by atoms with E-state index in [-0.39, 0.29) is 6.10 Å². The monoisotopic (exact) mass is 385 g/mol. The third-order valence-corrected chi connectivity index (χ3v) is 6.50. The SMILES string of the molecule is O=C(C1CCC1)N1CCCN(CC2CN(Cc3ccccc3)CCCO2)CC1. The van der Waals surface area contributed by atoms with Crippen LogP contribution in [0.1, 0.15) is 37.7 Å². The van der Waals surface area contributed by atoms with E-state index < -0.39 is 0 Å². The summed E-state index contributed by atoms with van der Waals surface area (Å²) in [6, 6.07) is 10.7. The molecule has 1 amide bonds. The molecule has 154 valence electrons. The maximum absolute atomic E-state index is 12.6. The first-order valence-electron chi connectivity index (χ1n) is 11.2. The van der Waals surface area contributed by atoms with Crippen LogP contribution in [-0.2, 0) is 16.1 Å². The van der Waals surface area contributed by atoms with E-state index >= 15 is 0 Å². The fourth-order valence-electron chi connectivity index (χ4n) is 4.64. The molecule has 3 fully saturated rings. The van der Waals surface area contributed by atoms with Crippen molar-refractivity contribution in [3.05, 3.63) is 35.9 Å². The summed E-state index contributed by atoms with van der Waals surface area (Å²) in [4.78, 5) is 19.7. The van der Waals surface area contributed by atoms with Gasteiger partial charge in [-0.25, -0.2) is 0 Å². The van der Waals surface area contributed by atoms with E-state index in [1.165, 1.54) is 12.0 Å². The highest BCUT2D eigenvalue weighted by atomic mass is 16.5. The first-order valence-corrected chi connectivity index (χ1v) is 11.2. The highest BCUT2D eigenvalue weighted by Gasteiger charge is 2.31. The number of hydrogen-bond acceptors (Lipinski definition) is 4. The van der Waals surface area contributed by atoms with Crippen LogP contribution in [0.5, 0.6) is 0 Å². The average molecular weight is 386 g/mol. The smallest absolute Gasteiger partial charge is 0.225 e. The number of nitrogens with zero attached hydrogens (tertiary/aromatic N) is 3. The molecule has 1 saturated carbocycles. The van der Waals surface area contributed by atoms with E-state index in [9.17, 15) is 4.79 Å². The molecule has 1 atom stereocenters. The summed E-state index contributed by atoms with van der Waals surface area (Å²) < 4.78 is 6.19. The molecule has 2 heterocycles. The summed E-state index contributed by atoms with van der Waals surface area (Å²) in [6.07, 6.45) is 5.89. The van der Waals surface area contributed by atoms with Crippen molar-refractivity contribution < 1.29 is 9.53 Å². The number of ether oxygens (including phenoxy) is 1. The lowest BCUT2D eigenvalue weighted by Gasteiger charge is -2.31. The number of benzene rings is 1. The fourth-order valence-corrected chi connectivity index (χ4v) is 4.64. The number of carbonyl (C=O) groups excluding carboxylic acids is 1. The van der Waals surface area contributed by atoms with Crippen LogP contribution in [0.3, 0.4) is 0 Å². The van der Waals surface area contributed by atoms with E-state index in [4.69, 9.17) is 4.74 Å². The molecule has 0 radical (unpaired) electrons. The molecule has 1 aromatic rings. The lowest BCUT2D eigenvalue weighted by molar-refractivity contribution is -0.138. The average Bonchev–Trinajstić information content (AvgIpc) is 3.02. The number of carbonyl (C=O) groups is 1. The molecule has 0 bridgehead atoms. The van der Waals surface area contributed by atoms with Gasteiger partial charge in [-0.1, -0.05) is 36.8 Å². The van der Waals surface area contributed by atoms with Crippen LogP contribution in [-0.4, -0.2) is 79.1 Å². The van der Waals surface area contributed by atoms with Crippen LogP contribution in [0.25, 0.3) is 0 Å². The summed E-state index contributed by atoms with van der Waals surface area (Å²) >= 11 is 0. The van der Waals surface area contributed by atoms with Gasteiger partial charge in [0.1, 0.15) is 0 Å². The van der Waals surface area contributed by atoms with Crippen molar-refractivity contribution in [2.45, 2.75) is 44.8 Å². The van der Waals surface area contributed by atoms with Gasteiger partial charge in [-0.2, -0.15) is 0 Å². The van der Waals surface area contributed by atoms with Gasteiger partial charge in [0.25, 0.3) is 0 Å². The van der Waals surface area contributed by atoms with E-state index in [1.807, 2.05) is 0 Å². The van der Waals surface area contributed by atoms with Crippen LogP contribution >= 0.6 is 0 Å². The summed E-state index contributed by atoms with van der Waals surface area (Å²) in [5, 5.41) is 0. The van der Waals surface area contributed by atoms with Crippen LogP contribution in [0.4, 0.5) is 0 Å². The minimum Gasteiger partial charge on any atom is -0.376 e. The predicted molar refractivity (Wildman–Crippen MR) is 111 cm³/mol. The Morgan fingerprint density at radius 1 is 0.929 bits per heavy atom. The van der Waals surface area contributed by atoms with Crippen molar-refractivity contribution in [1.29, 1.82) is 0 Å². The molecule has 1 unspecified atom stereocenters. The first kappa shape index (κ1) is 19.9. The third kappa shape index (κ3) is 5.34. The van der Waals surface area contributed by atoms with Gasteiger partial charge >= 0.3 is 0 Å². The van der Waals surface area contributed by atoms with E-state index in [0.29, 0.717) is 11.8 Å².